The van der Waals surface area contributed by atoms with Gasteiger partial charge in [-0.2, -0.15) is 0 Å². The van der Waals surface area contributed by atoms with E-state index in [2.05, 4.69) is 5.32 Å². The molecule has 1 N–H and O–H groups in total. The first-order chi connectivity index (χ1) is 9.15. The number of nitrogens with one attached hydrogen (secondary N) is 1. The highest BCUT2D eigenvalue weighted by atomic mass is 127. The Balaban J connectivity index is 1.72. The summed E-state index contributed by atoms with van der Waals surface area (Å²) in [6.07, 6.45) is 3.85. The molecule has 1 aromatic rings. The maximum atomic E-state index is 10.8. The predicted molar refractivity (Wildman–Crippen MR) is 80.3 cm³/mol. The molecule has 1 aliphatic carbocycles. The van der Waals surface area contributed by atoms with E-state index in [1.807, 2.05) is 28.7 Å². The second-order valence-electron chi connectivity index (χ2n) is 5.14. The third-order valence-corrected chi connectivity index (χ3v) is 4.58. The van der Waals surface area contributed by atoms with Crippen LogP contribution in [0, 0.1) is 19.6 Å². The molecule has 0 spiro atoms. The van der Waals surface area contributed by atoms with E-state index < -0.39 is 0 Å². The summed E-state index contributed by atoms with van der Waals surface area (Å²) in [5.41, 5.74) is 1.10. The number of rotatable bonds is 4. The molecule has 6 heteroatoms. The van der Waals surface area contributed by atoms with Gasteiger partial charge in [-0.3, -0.25) is 10.1 Å². The van der Waals surface area contributed by atoms with Crippen LogP contribution in [0.1, 0.15) is 19.3 Å². The van der Waals surface area contributed by atoms with Crippen LogP contribution in [0.25, 0.3) is 0 Å². The van der Waals surface area contributed by atoms with Gasteiger partial charge >= 0.3 is 0 Å². The summed E-state index contributed by atoms with van der Waals surface area (Å²) >= 11 is 2.01. The highest BCUT2D eigenvalue weighted by molar-refractivity contribution is 14.1. The van der Waals surface area contributed by atoms with Crippen LogP contribution in [0.5, 0.6) is 0 Å². The number of anilines is 1. The zero-order chi connectivity index (χ0) is 13.4. The van der Waals surface area contributed by atoms with Crippen molar-refractivity contribution in [1.29, 1.82) is 0 Å². The number of benzene rings is 1. The number of nitro benzene ring substituents is 1. The molecule has 1 saturated carbocycles. The van der Waals surface area contributed by atoms with Gasteiger partial charge in [-0.15, -0.1) is 0 Å². The Kier molecular flexibility index (Phi) is 3.62. The van der Waals surface area contributed by atoms with E-state index in [-0.39, 0.29) is 10.6 Å². The summed E-state index contributed by atoms with van der Waals surface area (Å²) in [5.74, 6) is 0.706. The zero-order valence-electron chi connectivity index (χ0n) is 10.3. The van der Waals surface area contributed by atoms with Gasteiger partial charge in [0, 0.05) is 18.4 Å². The van der Waals surface area contributed by atoms with E-state index in [4.69, 9.17) is 4.74 Å². The van der Waals surface area contributed by atoms with Gasteiger partial charge in [0.2, 0.25) is 0 Å². The van der Waals surface area contributed by atoms with E-state index >= 15 is 0 Å². The molecule has 1 aliphatic heterocycles. The number of nitrogens with zero attached hydrogens (tertiary/aromatic N) is 1. The van der Waals surface area contributed by atoms with E-state index in [0.717, 1.165) is 18.7 Å². The Morgan fingerprint density at radius 2 is 2.16 bits per heavy atom. The molecular formula is C13H15IN2O3. The zero-order valence-corrected chi connectivity index (χ0v) is 12.5. The molecule has 102 valence electrons. The first kappa shape index (κ1) is 13.1. The summed E-state index contributed by atoms with van der Waals surface area (Å²) in [6.45, 7) is 0.808. The van der Waals surface area contributed by atoms with Crippen molar-refractivity contribution in [3.05, 3.63) is 31.9 Å². The second kappa shape index (κ2) is 5.24. The van der Waals surface area contributed by atoms with Crippen LogP contribution >= 0.6 is 22.6 Å². The Labute approximate surface area is 125 Å². The Hall–Kier alpha value is -0.890. The van der Waals surface area contributed by atoms with Crippen molar-refractivity contribution < 1.29 is 9.66 Å². The van der Waals surface area contributed by atoms with E-state index in [1.165, 1.54) is 12.8 Å². The third-order valence-electron chi connectivity index (χ3n) is 3.72. The number of nitro groups is 1. The van der Waals surface area contributed by atoms with Gasteiger partial charge in [-0.1, -0.05) is 0 Å². The van der Waals surface area contributed by atoms with Gasteiger partial charge < -0.3 is 10.1 Å². The lowest BCUT2D eigenvalue weighted by Crippen LogP contribution is -2.30. The molecule has 19 heavy (non-hydrogen) atoms. The average Bonchev–Trinajstić information content (AvgIpc) is 3.10. The van der Waals surface area contributed by atoms with Crippen LogP contribution in [0.15, 0.2) is 18.2 Å². The fourth-order valence-electron chi connectivity index (χ4n) is 2.61. The molecule has 0 aromatic heterocycles. The maximum Gasteiger partial charge on any atom is 0.282 e. The minimum atomic E-state index is -0.350. The lowest BCUT2D eigenvalue weighted by atomic mass is 10.1. The van der Waals surface area contributed by atoms with Crippen LogP contribution in [0.3, 0.4) is 0 Å². The second-order valence-corrected chi connectivity index (χ2v) is 6.30. The molecule has 5 nitrogen and oxygen atoms in total. The Bertz CT molecular complexity index is 505. The lowest BCUT2D eigenvalue weighted by molar-refractivity contribution is -0.385. The number of hydrogen-bond donors (Lipinski definition) is 1. The van der Waals surface area contributed by atoms with Crippen molar-refractivity contribution in [2.45, 2.75) is 31.4 Å². The largest absolute Gasteiger partial charge is 0.380 e. The van der Waals surface area contributed by atoms with Gasteiger partial charge in [0.05, 0.1) is 20.6 Å². The molecule has 1 saturated heterocycles. The molecule has 0 radical (unpaired) electrons. The fraction of sp³-hybridized carbons (Fsp3) is 0.538. The highest BCUT2D eigenvalue weighted by Gasteiger charge is 2.40. The molecule has 0 amide bonds. The summed E-state index contributed by atoms with van der Waals surface area (Å²) in [6, 6.07) is 5.51. The van der Waals surface area contributed by atoms with Crippen molar-refractivity contribution in [2.24, 2.45) is 5.92 Å². The molecule has 3 rings (SSSR count). The van der Waals surface area contributed by atoms with Gasteiger partial charge in [0.25, 0.3) is 5.69 Å². The average molecular weight is 374 g/mol. The SMILES string of the molecule is O=[N+]([O-])c1ccc(NC2CCOC2C2CC2)cc1I. The van der Waals surface area contributed by atoms with Gasteiger partial charge in [-0.05, 0) is 59.9 Å². The van der Waals surface area contributed by atoms with Crippen LogP contribution in [0.4, 0.5) is 11.4 Å². The summed E-state index contributed by atoms with van der Waals surface area (Å²) in [5, 5.41) is 14.3. The van der Waals surface area contributed by atoms with Crippen LogP contribution in [0.2, 0.25) is 0 Å². The standard InChI is InChI=1S/C13H15IN2O3/c14-10-7-9(3-4-12(10)16(17)18)15-11-5-6-19-13(11)8-1-2-8/h3-4,7-8,11,13,15H,1-2,5-6H2. The number of halogens is 1. The monoisotopic (exact) mass is 374 g/mol. The van der Waals surface area contributed by atoms with Crippen molar-refractivity contribution in [2.75, 3.05) is 11.9 Å². The maximum absolute atomic E-state index is 10.8. The summed E-state index contributed by atoms with van der Waals surface area (Å²) in [4.78, 5) is 10.4. The number of hydrogen-bond acceptors (Lipinski definition) is 4. The van der Waals surface area contributed by atoms with Crippen LogP contribution < -0.4 is 5.32 Å². The van der Waals surface area contributed by atoms with Gasteiger partial charge in [-0.25, -0.2) is 0 Å². The van der Waals surface area contributed by atoms with Gasteiger partial charge in [0.1, 0.15) is 0 Å². The van der Waals surface area contributed by atoms with Gasteiger partial charge in [0.15, 0.2) is 0 Å². The fourth-order valence-corrected chi connectivity index (χ4v) is 3.33. The summed E-state index contributed by atoms with van der Waals surface area (Å²) in [7, 11) is 0. The lowest BCUT2D eigenvalue weighted by Gasteiger charge is -2.20. The first-order valence-electron chi connectivity index (χ1n) is 6.47. The predicted octanol–water partition coefficient (Wildman–Crippen LogP) is 3.18. The van der Waals surface area contributed by atoms with Crippen LogP contribution in [-0.4, -0.2) is 23.7 Å². The first-order valence-corrected chi connectivity index (χ1v) is 7.55. The molecule has 2 aliphatic rings. The smallest absolute Gasteiger partial charge is 0.282 e. The normalized spacial score (nSPS) is 26.4. The van der Waals surface area contributed by atoms with Crippen molar-refractivity contribution in [3.63, 3.8) is 0 Å². The molecule has 2 unspecified atom stereocenters. The van der Waals surface area contributed by atoms with Crippen molar-refractivity contribution in [3.8, 4) is 0 Å². The summed E-state index contributed by atoms with van der Waals surface area (Å²) < 4.78 is 6.44. The molecule has 0 bridgehead atoms. The van der Waals surface area contributed by atoms with Crippen molar-refractivity contribution >= 4 is 34.0 Å². The molecule has 2 atom stereocenters. The van der Waals surface area contributed by atoms with E-state index in [0.29, 0.717) is 21.6 Å². The number of ether oxygens (including phenoxy) is 1. The van der Waals surface area contributed by atoms with Crippen LogP contribution in [-0.2, 0) is 4.74 Å². The molecule has 1 aromatic carbocycles. The Morgan fingerprint density at radius 1 is 1.37 bits per heavy atom. The molecular weight excluding hydrogens is 359 g/mol. The highest BCUT2D eigenvalue weighted by Crippen LogP contribution is 2.39. The minimum Gasteiger partial charge on any atom is -0.380 e. The van der Waals surface area contributed by atoms with E-state index in [1.54, 1.807) is 12.1 Å². The minimum absolute atomic E-state index is 0.160. The van der Waals surface area contributed by atoms with E-state index in [9.17, 15) is 10.1 Å². The topological polar surface area (TPSA) is 64.4 Å². The molecule has 2 fully saturated rings. The van der Waals surface area contributed by atoms with Crippen molar-refractivity contribution in [1.82, 2.24) is 0 Å². The third kappa shape index (κ3) is 2.84. The quantitative estimate of drug-likeness (QED) is 0.500. The Morgan fingerprint density at radius 3 is 2.79 bits per heavy atom. The molecule has 1 heterocycles.